The molecule has 0 aliphatic carbocycles. The largest absolute Gasteiger partial charge is 0.356 e. The van der Waals surface area contributed by atoms with Gasteiger partial charge in [-0.2, -0.15) is 0 Å². The minimum Gasteiger partial charge on any atom is -0.356 e. The van der Waals surface area contributed by atoms with Crippen LogP contribution in [0.4, 0.5) is 4.79 Å². The summed E-state index contributed by atoms with van der Waals surface area (Å²) in [6.07, 6.45) is 3.42. The third kappa shape index (κ3) is 6.81. The molecule has 1 atom stereocenters. The molecule has 32 heavy (non-hydrogen) atoms. The number of nitrogens with one attached hydrogen (secondary N) is 3. The first-order valence-electron chi connectivity index (χ1n) is 11.3. The van der Waals surface area contributed by atoms with Gasteiger partial charge >= 0.3 is 6.03 Å². The van der Waals surface area contributed by atoms with Gasteiger partial charge in [0.1, 0.15) is 5.54 Å². The van der Waals surface area contributed by atoms with Crippen LogP contribution in [0, 0.1) is 0 Å². The summed E-state index contributed by atoms with van der Waals surface area (Å²) in [4.78, 5) is 32.7. The zero-order chi connectivity index (χ0) is 22.3. The number of carbonyl (C=O) groups excluding carboxylic acids is 2. The van der Waals surface area contributed by atoms with E-state index in [1.165, 1.54) is 10.5 Å². The van der Waals surface area contributed by atoms with E-state index in [4.69, 9.17) is 0 Å². The van der Waals surface area contributed by atoms with Crippen LogP contribution in [0.15, 0.2) is 35.3 Å². The van der Waals surface area contributed by atoms with Crippen molar-refractivity contribution in [3.05, 3.63) is 35.9 Å². The van der Waals surface area contributed by atoms with Crippen molar-refractivity contribution in [1.29, 1.82) is 0 Å². The number of urea groups is 1. The molecule has 1 aromatic carbocycles. The van der Waals surface area contributed by atoms with Gasteiger partial charge in [-0.25, -0.2) is 4.79 Å². The molecule has 0 spiro atoms. The topological polar surface area (TPSA) is 89.1 Å². The molecule has 2 heterocycles. The number of amides is 3. The first-order chi connectivity index (χ1) is 14.9. The summed E-state index contributed by atoms with van der Waals surface area (Å²) in [7, 11) is 1.77. The third-order valence-electron chi connectivity index (χ3n) is 6.30. The van der Waals surface area contributed by atoms with Crippen molar-refractivity contribution in [2.45, 2.75) is 57.7 Å². The fraction of sp³-hybridized carbons (Fsp3) is 0.609. The van der Waals surface area contributed by atoms with Crippen LogP contribution in [-0.2, 0) is 11.3 Å². The lowest BCUT2D eigenvalue weighted by Crippen LogP contribution is -2.49. The van der Waals surface area contributed by atoms with E-state index in [1.54, 1.807) is 14.0 Å². The average Bonchev–Trinajstić information content (AvgIpc) is 3.00. The summed E-state index contributed by atoms with van der Waals surface area (Å²) in [6.45, 7) is 7.86. The van der Waals surface area contributed by atoms with Gasteiger partial charge in [-0.3, -0.25) is 19.6 Å². The Bertz CT molecular complexity index is 782. The lowest BCUT2D eigenvalue weighted by atomic mass is 9.99. The molecule has 3 rings (SSSR count). The fourth-order valence-corrected chi connectivity index (χ4v) is 4.10. The van der Waals surface area contributed by atoms with Gasteiger partial charge in [0.25, 0.3) is 5.91 Å². The molecule has 3 amide bonds. The summed E-state index contributed by atoms with van der Waals surface area (Å²) in [5.41, 5.74) is 0.591. The number of halogens is 1. The molecule has 8 nitrogen and oxygen atoms in total. The van der Waals surface area contributed by atoms with Crippen molar-refractivity contribution < 1.29 is 9.59 Å². The van der Waals surface area contributed by atoms with Gasteiger partial charge in [0.15, 0.2) is 5.96 Å². The Morgan fingerprint density at radius 3 is 2.50 bits per heavy atom. The molecule has 1 unspecified atom stereocenters. The molecular weight excluding hydrogens is 519 g/mol. The van der Waals surface area contributed by atoms with Crippen molar-refractivity contribution in [2.75, 3.05) is 33.2 Å². The number of imide groups is 1. The summed E-state index contributed by atoms with van der Waals surface area (Å²) in [5.74, 6) is 0.641. The summed E-state index contributed by atoms with van der Waals surface area (Å²) in [6, 6.07) is 10.7. The Balaban J connectivity index is 0.00000363. The second-order valence-corrected chi connectivity index (χ2v) is 8.61. The smallest absolute Gasteiger partial charge is 0.325 e. The second kappa shape index (κ2) is 12.4. The highest BCUT2D eigenvalue weighted by molar-refractivity contribution is 14.0. The monoisotopic (exact) mass is 556 g/mol. The number of benzene rings is 1. The SMILES string of the molecule is CCC1(C)NC(=O)N(CCCNC(=NC)NC2CCN(Cc3ccccc3)CC2)C1=O.I. The van der Waals surface area contributed by atoms with Crippen LogP contribution in [-0.4, -0.2) is 72.5 Å². The third-order valence-corrected chi connectivity index (χ3v) is 6.30. The van der Waals surface area contributed by atoms with E-state index in [-0.39, 0.29) is 35.9 Å². The molecule has 178 valence electrons. The van der Waals surface area contributed by atoms with Crippen LogP contribution in [0.3, 0.4) is 0 Å². The Morgan fingerprint density at radius 1 is 1.22 bits per heavy atom. The van der Waals surface area contributed by atoms with E-state index >= 15 is 0 Å². The lowest BCUT2D eigenvalue weighted by Gasteiger charge is -2.33. The molecule has 0 bridgehead atoms. The minimum atomic E-state index is -0.766. The summed E-state index contributed by atoms with van der Waals surface area (Å²) >= 11 is 0. The molecule has 2 aliphatic heterocycles. The quantitative estimate of drug-likeness (QED) is 0.151. The molecule has 0 aromatic heterocycles. The van der Waals surface area contributed by atoms with Crippen molar-refractivity contribution in [2.24, 2.45) is 4.99 Å². The van der Waals surface area contributed by atoms with Crippen molar-refractivity contribution >= 4 is 41.9 Å². The molecular formula is C23H37IN6O2. The predicted octanol–water partition coefficient (Wildman–Crippen LogP) is 2.54. The van der Waals surface area contributed by atoms with Gasteiger partial charge in [0.2, 0.25) is 0 Å². The number of aliphatic imine (C=N–C) groups is 1. The molecule has 0 radical (unpaired) electrons. The van der Waals surface area contributed by atoms with Gasteiger partial charge in [0, 0.05) is 45.8 Å². The first kappa shape index (κ1) is 26.4. The molecule has 1 aromatic rings. The van der Waals surface area contributed by atoms with Gasteiger partial charge in [-0.05, 0) is 38.2 Å². The van der Waals surface area contributed by atoms with Crippen molar-refractivity contribution in [3.63, 3.8) is 0 Å². The standard InChI is InChI=1S/C23H36N6O2.HI/c1-4-23(2)20(30)29(22(31)27-23)14-8-13-25-21(24-3)26-19-11-15-28(16-12-19)17-18-9-6-5-7-10-18;/h5-7,9-10,19H,4,8,11-17H2,1-3H3,(H,27,31)(H2,24,25,26);1H. The second-order valence-electron chi connectivity index (χ2n) is 8.61. The number of piperidine rings is 1. The number of guanidine groups is 1. The molecule has 3 N–H and O–H groups in total. The van der Waals surface area contributed by atoms with E-state index in [1.807, 2.05) is 6.92 Å². The Kier molecular flexibility index (Phi) is 10.2. The van der Waals surface area contributed by atoms with Crippen LogP contribution in [0.25, 0.3) is 0 Å². The molecule has 0 saturated carbocycles. The maximum atomic E-state index is 12.4. The summed E-state index contributed by atoms with van der Waals surface area (Å²) in [5, 5.41) is 9.61. The zero-order valence-corrected chi connectivity index (χ0v) is 21.7. The lowest BCUT2D eigenvalue weighted by molar-refractivity contribution is -0.130. The highest BCUT2D eigenvalue weighted by atomic mass is 127. The highest BCUT2D eigenvalue weighted by Gasteiger charge is 2.45. The van der Waals surface area contributed by atoms with Crippen LogP contribution in [0.5, 0.6) is 0 Å². The number of likely N-dealkylation sites (tertiary alicyclic amines) is 1. The highest BCUT2D eigenvalue weighted by Crippen LogP contribution is 2.20. The maximum absolute atomic E-state index is 12.4. The van der Waals surface area contributed by atoms with E-state index in [2.05, 4.69) is 56.2 Å². The van der Waals surface area contributed by atoms with Gasteiger partial charge < -0.3 is 16.0 Å². The number of hydrogen-bond donors (Lipinski definition) is 3. The minimum absolute atomic E-state index is 0. The average molecular weight is 556 g/mol. The normalized spacial score (nSPS) is 22.5. The van der Waals surface area contributed by atoms with Gasteiger partial charge in [-0.1, -0.05) is 37.3 Å². The van der Waals surface area contributed by atoms with Crippen molar-refractivity contribution in [3.8, 4) is 0 Å². The van der Waals surface area contributed by atoms with Crippen LogP contribution < -0.4 is 16.0 Å². The fourth-order valence-electron chi connectivity index (χ4n) is 4.10. The van der Waals surface area contributed by atoms with E-state index in [0.29, 0.717) is 32.0 Å². The number of carbonyl (C=O) groups is 2. The molecule has 2 fully saturated rings. The number of hydrogen-bond acceptors (Lipinski definition) is 4. The Labute approximate surface area is 208 Å². The maximum Gasteiger partial charge on any atom is 0.325 e. The first-order valence-corrected chi connectivity index (χ1v) is 11.3. The number of nitrogens with zero attached hydrogens (tertiary/aromatic N) is 3. The zero-order valence-electron chi connectivity index (χ0n) is 19.4. The molecule has 2 aliphatic rings. The molecule has 2 saturated heterocycles. The molecule has 9 heteroatoms. The van der Waals surface area contributed by atoms with Gasteiger partial charge in [-0.15, -0.1) is 24.0 Å². The van der Waals surface area contributed by atoms with E-state index in [0.717, 1.165) is 38.4 Å². The van der Waals surface area contributed by atoms with Crippen LogP contribution in [0.1, 0.15) is 45.1 Å². The van der Waals surface area contributed by atoms with Gasteiger partial charge in [0.05, 0.1) is 0 Å². The Hall–Kier alpha value is -1.88. The van der Waals surface area contributed by atoms with E-state index in [9.17, 15) is 9.59 Å². The van der Waals surface area contributed by atoms with Crippen LogP contribution in [0.2, 0.25) is 0 Å². The number of rotatable bonds is 8. The van der Waals surface area contributed by atoms with Crippen molar-refractivity contribution in [1.82, 2.24) is 25.8 Å². The van der Waals surface area contributed by atoms with Crippen LogP contribution >= 0.6 is 24.0 Å². The predicted molar refractivity (Wildman–Crippen MR) is 138 cm³/mol. The Morgan fingerprint density at radius 2 is 1.91 bits per heavy atom. The summed E-state index contributed by atoms with van der Waals surface area (Å²) < 4.78 is 0. The van der Waals surface area contributed by atoms with E-state index < -0.39 is 5.54 Å².